The van der Waals surface area contributed by atoms with Crippen LogP contribution in [0.5, 0.6) is 0 Å². The summed E-state index contributed by atoms with van der Waals surface area (Å²) in [6.07, 6.45) is 3.07. The van der Waals surface area contributed by atoms with Crippen molar-refractivity contribution in [3.8, 4) is 0 Å². The predicted octanol–water partition coefficient (Wildman–Crippen LogP) is 1.76. The lowest BCUT2D eigenvalue weighted by molar-refractivity contribution is -0.143. The van der Waals surface area contributed by atoms with Gasteiger partial charge in [0.05, 0.1) is 23.6 Å². The Morgan fingerprint density at radius 2 is 2.22 bits per heavy atom. The third-order valence-electron chi connectivity index (χ3n) is 2.31. The minimum atomic E-state index is -0.321. The molecule has 0 aliphatic heterocycles. The van der Waals surface area contributed by atoms with Gasteiger partial charge in [-0.2, -0.15) is 0 Å². The summed E-state index contributed by atoms with van der Waals surface area (Å²) in [4.78, 5) is 28.4. The lowest BCUT2D eigenvalue weighted by Gasteiger charge is -2.17. The quantitative estimate of drug-likeness (QED) is 0.765. The van der Waals surface area contributed by atoms with Crippen LogP contribution in [0.25, 0.3) is 0 Å². The monoisotopic (exact) mass is 270 g/mol. The highest BCUT2D eigenvalue weighted by molar-refractivity contribution is 6.33. The van der Waals surface area contributed by atoms with Gasteiger partial charge in [-0.3, -0.25) is 14.6 Å². The van der Waals surface area contributed by atoms with E-state index in [1.165, 1.54) is 17.3 Å². The molecule has 1 rings (SSSR count). The molecule has 0 N–H and O–H groups in total. The van der Waals surface area contributed by atoms with E-state index in [4.69, 9.17) is 16.3 Å². The molecule has 0 saturated carbocycles. The van der Waals surface area contributed by atoms with Crippen molar-refractivity contribution in [2.75, 3.05) is 20.2 Å². The first-order valence-corrected chi connectivity index (χ1v) is 5.94. The second-order valence-corrected chi connectivity index (χ2v) is 4.04. The van der Waals surface area contributed by atoms with E-state index in [1.54, 1.807) is 20.0 Å². The number of halogens is 1. The number of ether oxygens (including phenoxy) is 1. The molecular weight excluding hydrogens is 256 g/mol. The predicted molar refractivity (Wildman–Crippen MR) is 67.5 cm³/mol. The smallest absolute Gasteiger partial charge is 0.307 e. The molecule has 1 heterocycles. The fourth-order valence-electron chi connectivity index (χ4n) is 1.35. The molecule has 1 amide bonds. The lowest BCUT2D eigenvalue weighted by Crippen LogP contribution is -2.29. The van der Waals surface area contributed by atoms with E-state index in [1.807, 2.05) is 0 Å². The Balaban J connectivity index is 2.57. The standard InChI is InChI=1S/C12H15ClN2O3/c1-3-18-11(16)5-7-15(2)12(17)9-4-6-14-8-10(9)13/h4,6,8H,3,5,7H2,1-2H3. The van der Waals surface area contributed by atoms with E-state index in [9.17, 15) is 9.59 Å². The number of pyridine rings is 1. The minimum Gasteiger partial charge on any atom is -0.466 e. The zero-order chi connectivity index (χ0) is 13.5. The molecule has 0 radical (unpaired) electrons. The van der Waals surface area contributed by atoms with Gasteiger partial charge in [0.1, 0.15) is 0 Å². The van der Waals surface area contributed by atoms with Crippen LogP contribution in [0.2, 0.25) is 5.02 Å². The number of aromatic nitrogens is 1. The first-order chi connectivity index (χ1) is 8.56. The van der Waals surface area contributed by atoms with Gasteiger partial charge in [0.2, 0.25) is 0 Å². The summed E-state index contributed by atoms with van der Waals surface area (Å²) in [6.45, 7) is 2.37. The van der Waals surface area contributed by atoms with E-state index < -0.39 is 0 Å². The van der Waals surface area contributed by atoms with E-state index in [-0.39, 0.29) is 24.8 Å². The van der Waals surface area contributed by atoms with Gasteiger partial charge in [0.15, 0.2) is 0 Å². The molecule has 0 bridgehead atoms. The minimum absolute atomic E-state index is 0.165. The SMILES string of the molecule is CCOC(=O)CCN(C)C(=O)c1ccncc1Cl. The van der Waals surface area contributed by atoms with Gasteiger partial charge >= 0.3 is 5.97 Å². The second-order valence-electron chi connectivity index (χ2n) is 3.64. The first-order valence-electron chi connectivity index (χ1n) is 5.56. The molecule has 0 unspecified atom stereocenters. The Morgan fingerprint density at radius 3 is 2.83 bits per heavy atom. The number of hydrogen-bond acceptors (Lipinski definition) is 4. The molecule has 0 aliphatic carbocycles. The lowest BCUT2D eigenvalue weighted by atomic mass is 10.2. The van der Waals surface area contributed by atoms with Gasteiger partial charge in [-0.1, -0.05) is 11.6 Å². The van der Waals surface area contributed by atoms with Crippen molar-refractivity contribution in [1.82, 2.24) is 9.88 Å². The first kappa shape index (κ1) is 14.4. The molecule has 0 fully saturated rings. The maximum atomic E-state index is 12.0. The van der Waals surface area contributed by atoms with Gasteiger partial charge in [-0.05, 0) is 13.0 Å². The highest BCUT2D eigenvalue weighted by Gasteiger charge is 2.15. The number of esters is 1. The van der Waals surface area contributed by atoms with Gasteiger partial charge in [-0.25, -0.2) is 0 Å². The van der Waals surface area contributed by atoms with Crippen molar-refractivity contribution in [3.63, 3.8) is 0 Å². The van der Waals surface area contributed by atoms with Crippen molar-refractivity contribution >= 4 is 23.5 Å². The normalized spacial score (nSPS) is 9.94. The molecule has 1 aromatic rings. The summed E-state index contributed by atoms with van der Waals surface area (Å²) in [5.74, 6) is -0.565. The molecule has 0 aliphatic rings. The fourth-order valence-corrected chi connectivity index (χ4v) is 1.55. The molecule has 5 nitrogen and oxygen atoms in total. The van der Waals surface area contributed by atoms with Crippen molar-refractivity contribution in [3.05, 3.63) is 29.0 Å². The van der Waals surface area contributed by atoms with Crippen molar-refractivity contribution < 1.29 is 14.3 Å². The Kier molecular flexibility index (Phi) is 5.58. The molecule has 18 heavy (non-hydrogen) atoms. The fraction of sp³-hybridized carbons (Fsp3) is 0.417. The van der Waals surface area contributed by atoms with E-state index >= 15 is 0 Å². The molecule has 0 saturated heterocycles. The summed E-state index contributed by atoms with van der Waals surface area (Å²) < 4.78 is 4.79. The second kappa shape index (κ2) is 6.96. The highest BCUT2D eigenvalue weighted by atomic mass is 35.5. The number of hydrogen-bond donors (Lipinski definition) is 0. The van der Waals surface area contributed by atoms with Crippen LogP contribution in [0.4, 0.5) is 0 Å². The Morgan fingerprint density at radius 1 is 1.50 bits per heavy atom. The van der Waals surface area contributed by atoms with Crippen LogP contribution in [-0.4, -0.2) is 42.0 Å². The highest BCUT2D eigenvalue weighted by Crippen LogP contribution is 2.15. The Labute approximate surface area is 111 Å². The third kappa shape index (κ3) is 4.00. The Hall–Kier alpha value is -1.62. The van der Waals surface area contributed by atoms with Gasteiger partial charge in [-0.15, -0.1) is 0 Å². The van der Waals surface area contributed by atoms with Crippen LogP contribution >= 0.6 is 11.6 Å². The van der Waals surface area contributed by atoms with E-state index in [0.29, 0.717) is 17.2 Å². The third-order valence-corrected chi connectivity index (χ3v) is 2.61. The zero-order valence-electron chi connectivity index (χ0n) is 10.4. The van der Waals surface area contributed by atoms with E-state index in [0.717, 1.165) is 0 Å². The van der Waals surface area contributed by atoms with Crippen LogP contribution in [0.1, 0.15) is 23.7 Å². The molecular formula is C12H15ClN2O3. The van der Waals surface area contributed by atoms with Crippen LogP contribution in [0.15, 0.2) is 18.5 Å². The zero-order valence-corrected chi connectivity index (χ0v) is 11.1. The molecule has 0 spiro atoms. The summed E-state index contributed by atoms with van der Waals surface area (Å²) >= 11 is 5.87. The summed E-state index contributed by atoms with van der Waals surface area (Å²) in [5.41, 5.74) is 0.373. The summed E-state index contributed by atoms with van der Waals surface area (Å²) in [7, 11) is 1.61. The molecule has 0 aromatic carbocycles. The van der Waals surface area contributed by atoms with Crippen molar-refractivity contribution in [2.24, 2.45) is 0 Å². The van der Waals surface area contributed by atoms with Crippen LogP contribution in [0, 0.1) is 0 Å². The molecule has 6 heteroatoms. The maximum absolute atomic E-state index is 12.0. The van der Waals surface area contributed by atoms with Crippen molar-refractivity contribution in [1.29, 1.82) is 0 Å². The Bertz CT molecular complexity index is 437. The largest absolute Gasteiger partial charge is 0.466 e. The molecule has 0 atom stereocenters. The average molecular weight is 271 g/mol. The average Bonchev–Trinajstić information content (AvgIpc) is 2.36. The maximum Gasteiger partial charge on any atom is 0.307 e. The van der Waals surface area contributed by atoms with Crippen LogP contribution < -0.4 is 0 Å². The molecule has 1 aromatic heterocycles. The van der Waals surface area contributed by atoms with Gasteiger partial charge < -0.3 is 9.64 Å². The summed E-state index contributed by atoms with van der Waals surface area (Å²) in [5, 5.41) is 0.297. The molecule has 98 valence electrons. The van der Waals surface area contributed by atoms with Gasteiger partial charge in [0, 0.05) is 26.0 Å². The number of carbonyl (C=O) groups is 2. The van der Waals surface area contributed by atoms with Crippen LogP contribution in [-0.2, 0) is 9.53 Å². The summed E-state index contributed by atoms with van der Waals surface area (Å²) in [6, 6.07) is 1.55. The number of amides is 1. The van der Waals surface area contributed by atoms with Gasteiger partial charge in [0.25, 0.3) is 5.91 Å². The van der Waals surface area contributed by atoms with Crippen LogP contribution in [0.3, 0.4) is 0 Å². The van der Waals surface area contributed by atoms with Crippen molar-refractivity contribution in [2.45, 2.75) is 13.3 Å². The number of carbonyl (C=O) groups excluding carboxylic acids is 2. The van der Waals surface area contributed by atoms with E-state index in [2.05, 4.69) is 4.98 Å². The number of rotatable bonds is 5. The number of nitrogens with zero attached hydrogens (tertiary/aromatic N) is 2. The topological polar surface area (TPSA) is 59.5 Å².